The number of aromatic amines is 1. The van der Waals surface area contributed by atoms with Gasteiger partial charge in [0.05, 0.1) is 17.6 Å². The van der Waals surface area contributed by atoms with Crippen molar-refractivity contribution >= 4 is 16.9 Å². The van der Waals surface area contributed by atoms with Gasteiger partial charge in [0.25, 0.3) is 5.91 Å². The lowest BCUT2D eigenvalue weighted by Gasteiger charge is -2.37. The summed E-state index contributed by atoms with van der Waals surface area (Å²) in [6, 6.07) is 15.4. The molecule has 4 rings (SSSR count). The Kier molecular flexibility index (Phi) is 7.63. The number of fused-ring (bicyclic) bond motifs is 1. The van der Waals surface area contributed by atoms with Crippen molar-refractivity contribution in [3.8, 4) is 12.3 Å². The van der Waals surface area contributed by atoms with Crippen LogP contribution in [0, 0.1) is 18.3 Å². The van der Waals surface area contributed by atoms with Gasteiger partial charge < -0.3 is 24.9 Å². The van der Waals surface area contributed by atoms with E-state index in [-0.39, 0.29) is 36.7 Å². The predicted octanol–water partition coefficient (Wildman–Crippen LogP) is 3.61. The van der Waals surface area contributed by atoms with Crippen molar-refractivity contribution in [3.05, 3.63) is 77.3 Å². The maximum absolute atomic E-state index is 13.1. The number of H-pyrrole nitrogens is 1. The molecule has 3 atom stereocenters. The third kappa shape index (κ3) is 5.30. The number of benzene rings is 2. The molecule has 7 nitrogen and oxygen atoms in total. The van der Waals surface area contributed by atoms with Crippen LogP contribution in [0.3, 0.4) is 0 Å². The fraction of sp³-hybridized carbons (Fsp3) is 0.333. The van der Waals surface area contributed by atoms with E-state index in [9.17, 15) is 9.90 Å². The zero-order chi connectivity index (χ0) is 23.9. The average Bonchev–Trinajstić information content (AvgIpc) is 3.29. The summed E-state index contributed by atoms with van der Waals surface area (Å²) in [5, 5.41) is 12.3. The van der Waals surface area contributed by atoms with E-state index in [1.165, 1.54) is 0 Å². The highest BCUT2D eigenvalue weighted by molar-refractivity contribution is 5.91. The Morgan fingerprint density at radius 2 is 2.06 bits per heavy atom. The van der Waals surface area contributed by atoms with Crippen molar-refractivity contribution in [1.82, 2.24) is 15.3 Å². The van der Waals surface area contributed by atoms with Crippen molar-refractivity contribution in [1.29, 1.82) is 0 Å². The number of nitrogens with zero attached hydrogens (tertiary/aromatic N) is 1. The van der Waals surface area contributed by atoms with Crippen molar-refractivity contribution in [3.63, 3.8) is 0 Å². The van der Waals surface area contributed by atoms with E-state index in [1.807, 2.05) is 61.5 Å². The number of para-hydroxylation sites is 2. The second-order valence-electron chi connectivity index (χ2n) is 8.18. The monoisotopic (exact) mass is 459 g/mol. The number of carbonyl (C=O) groups is 1. The van der Waals surface area contributed by atoms with Crippen LogP contribution in [-0.2, 0) is 20.8 Å². The number of nitrogens with one attached hydrogen (secondary N) is 2. The van der Waals surface area contributed by atoms with Crippen molar-refractivity contribution in [2.75, 3.05) is 13.2 Å². The number of hydrogen-bond acceptors (Lipinski definition) is 5. The molecule has 0 saturated carbocycles. The van der Waals surface area contributed by atoms with Gasteiger partial charge in [0.2, 0.25) is 6.29 Å². The first kappa shape index (κ1) is 23.6. The van der Waals surface area contributed by atoms with Gasteiger partial charge in [0.1, 0.15) is 5.82 Å². The van der Waals surface area contributed by atoms with Gasteiger partial charge in [-0.15, -0.1) is 6.42 Å². The minimum atomic E-state index is -0.606. The van der Waals surface area contributed by atoms with Crippen LogP contribution < -0.4 is 5.32 Å². The maximum Gasteiger partial charge on any atom is 0.286 e. The summed E-state index contributed by atoms with van der Waals surface area (Å²) in [6.45, 7) is 2.65. The predicted molar refractivity (Wildman–Crippen MR) is 129 cm³/mol. The summed E-state index contributed by atoms with van der Waals surface area (Å²) in [6.07, 6.45) is 8.05. The van der Waals surface area contributed by atoms with Crippen LogP contribution in [-0.4, -0.2) is 40.5 Å². The zero-order valence-electron chi connectivity index (χ0n) is 19.2. The summed E-state index contributed by atoms with van der Waals surface area (Å²) < 4.78 is 11.9. The summed E-state index contributed by atoms with van der Waals surface area (Å²) >= 11 is 0. The number of hydrogen-bond donors (Lipinski definition) is 3. The Balaban J connectivity index is 1.57. The minimum absolute atomic E-state index is 0.0595. The largest absolute Gasteiger partial charge is 0.459 e. The first-order valence-electron chi connectivity index (χ1n) is 11.5. The van der Waals surface area contributed by atoms with Gasteiger partial charge in [-0.2, -0.15) is 0 Å². The highest BCUT2D eigenvalue weighted by Gasteiger charge is 2.37. The molecule has 0 fully saturated rings. The molecule has 34 heavy (non-hydrogen) atoms. The molecule has 0 aliphatic carbocycles. The summed E-state index contributed by atoms with van der Waals surface area (Å²) in [5.41, 5.74) is 3.56. The van der Waals surface area contributed by atoms with Gasteiger partial charge in [-0.05, 0) is 55.7 Å². The molecule has 2 heterocycles. The van der Waals surface area contributed by atoms with Crippen LogP contribution in [0.15, 0.2) is 60.4 Å². The lowest BCUT2D eigenvalue weighted by Crippen LogP contribution is -2.39. The normalized spacial score (nSPS) is 19.8. The first-order valence-corrected chi connectivity index (χ1v) is 11.5. The minimum Gasteiger partial charge on any atom is -0.459 e. The second kappa shape index (κ2) is 11.0. The van der Waals surface area contributed by atoms with Crippen LogP contribution in [0.2, 0.25) is 0 Å². The van der Waals surface area contributed by atoms with Gasteiger partial charge >= 0.3 is 0 Å². The van der Waals surface area contributed by atoms with Crippen molar-refractivity contribution < 1.29 is 19.4 Å². The van der Waals surface area contributed by atoms with Crippen LogP contribution in [0.1, 0.15) is 42.6 Å². The highest BCUT2D eigenvalue weighted by Crippen LogP contribution is 2.39. The topological polar surface area (TPSA) is 96.5 Å². The number of aromatic nitrogens is 2. The van der Waals surface area contributed by atoms with E-state index >= 15 is 0 Å². The molecule has 2 aromatic carbocycles. The number of amides is 1. The van der Waals surface area contributed by atoms with Gasteiger partial charge in [-0.3, -0.25) is 4.79 Å². The third-order valence-corrected chi connectivity index (χ3v) is 5.95. The zero-order valence-corrected chi connectivity index (χ0v) is 19.2. The molecular weight excluding hydrogens is 430 g/mol. The van der Waals surface area contributed by atoms with Gasteiger partial charge in [-0.1, -0.05) is 30.2 Å². The lowest BCUT2D eigenvalue weighted by atomic mass is 9.80. The average molecular weight is 460 g/mol. The Bertz CT molecular complexity index is 1160. The van der Waals surface area contributed by atoms with E-state index < -0.39 is 6.29 Å². The Morgan fingerprint density at radius 3 is 2.76 bits per heavy atom. The fourth-order valence-electron chi connectivity index (χ4n) is 4.29. The third-order valence-electron chi connectivity index (χ3n) is 5.95. The SMILES string of the molecule is C#Cc1ccc([C@H]2C=C(C(=O)NCc3nc4ccccc4[nH]3)O[C@@H](OCC)[C@@H]2CCCO)cc1. The molecule has 1 amide bonds. The Morgan fingerprint density at radius 1 is 1.26 bits per heavy atom. The number of imidazole rings is 1. The number of aliphatic hydroxyl groups is 1. The molecule has 0 saturated heterocycles. The molecule has 7 heteroatoms. The summed E-state index contributed by atoms with van der Waals surface area (Å²) in [5.74, 6) is 2.97. The first-order chi connectivity index (χ1) is 16.6. The maximum atomic E-state index is 13.1. The van der Waals surface area contributed by atoms with Crippen LogP contribution >= 0.6 is 0 Å². The standard InChI is InChI=1S/C27H29N3O4/c1-3-18-11-13-19(14-12-18)21-16-24(34-27(33-4-2)20(21)8-7-15-31)26(32)28-17-25-29-22-9-5-6-10-23(22)30-25/h1,5-6,9-14,16,20-21,27,31H,4,7-8,15,17H2,2H3,(H,28,32)(H,29,30)/t20-,21-,27-/m1/s1. The van der Waals surface area contributed by atoms with Gasteiger partial charge in [0.15, 0.2) is 5.76 Å². The highest BCUT2D eigenvalue weighted by atomic mass is 16.7. The second-order valence-corrected chi connectivity index (χ2v) is 8.18. The molecule has 3 N–H and O–H groups in total. The van der Waals surface area contributed by atoms with E-state index in [4.69, 9.17) is 15.9 Å². The number of allylic oxidation sites excluding steroid dienone is 1. The molecule has 1 aliphatic rings. The fourth-order valence-corrected chi connectivity index (χ4v) is 4.29. The smallest absolute Gasteiger partial charge is 0.286 e. The van der Waals surface area contributed by atoms with Gasteiger partial charge in [-0.25, -0.2) is 4.98 Å². The number of carbonyl (C=O) groups excluding carboxylic acids is 1. The van der Waals surface area contributed by atoms with E-state index in [0.29, 0.717) is 25.3 Å². The molecule has 0 unspecified atom stereocenters. The molecule has 3 aromatic rings. The lowest BCUT2D eigenvalue weighted by molar-refractivity contribution is -0.166. The number of terminal acetylenes is 1. The molecule has 1 aliphatic heterocycles. The summed E-state index contributed by atoms with van der Waals surface area (Å²) in [7, 11) is 0. The number of rotatable bonds is 9. The Labute approximate surface area is 199 Å². The molecule has 0 spiro atoms. The molecule has 1 aromatic heterocycles. The van der Waals surface area contributed by atoms with E-state index in [0.717, 1.165) is 22.2 Å². The number of aliphatic hydroxyl groups excluding tert-OH is 1. The molecule has 176 valence electrons. The quantitative estimate of drug-likeness (QED) is 0.425. The number of ether oxygens (including phenoxy) is 2. The van der Waals surface area contributed by atoms with E-state index in [1.54, 1.807) is 0 Å². The van der Waals surface area contributed by atoms with Gasteiger partial charge in [0, 0.05) is 30.6 Å². The van der Waals surface area contributed by atoms with Crippen molar-refractivity contribution in [2.45, 2.75) is 38.5 Å². The molecule has 0 bridgehead atoms. The van der Waals surface area contributed by atoms with Crippen LogP contribution in [0.4, 0.5) is 0 Å². The Hall–Kier alpha value is -3.60. The summed E-state index contributed by atoms with van der Waals surface area (Å²) in [4.78, 5) is 20.8. The van der Waals surface area contributed by atoms with Crippen molar-refractivity contribution in [2.24, 2.45) is 5.92 Å². The molecular formula is C27H29N3O4. The van der Waals surface area contributed by atoms with Crippen LogP contribution in [0.5, 0.6) is 0 Å². The van der Waals surface area contributed by atoms with E-state index in [2.05, 4.69) is 21.2 Å². The van der Waals surface area contributed by atoms with Crippen LogP contribution in [0.25, 0.3) is 11.0 Å². The molecule has 0 radical (unpaired) electrons.